The van der Waals surface area contributed by atoms with Crippen LogP contribution in [0.2, 0.25) is 0 Å². The molecule has 3 heterocycles. The van der Waals surface area contributed by atoms with Crippen LogP contribution in [0.15, 0.2) is 70.6 Å². The first-order valence-corrected chi connectivity index (χ1v) is 15.9. The lowest BCUT2D eigenvalue weighted by atomic mass is 9.94. The van der Waals surface area contributed by atoms with Gasteiger partial charge in [0.2, 0.25) is 10.0 Å². The Labute approximate surface area is 248 Å². The van der Waals surface area contributed by atoms with Crippen LogP contribution in [0.25, 0.3) is 23.0 Å². The minimum Gasteiger partial charge on any atom is -0.481 e. The zero-order chi connectivity index (χ0) is 29.3. The second-order valence-corrected chi connectivity index (χ2v) is 14.1. The molecule has 2 saturated heterocycles. The van der Waals surface area contributed by atoms with Gasteiger partial charge in [-0.15, -0.1) is 0 Å². The monoisotopic (exact) mass is 610 g/mol. The summed E-state index contributed by atoms with van der Waals surface area (Å²) in [5.41, 5.74) is 2.48. The fraction of sp³-hybridized carbons (Fsp3) is 0.310. The molecule has 0 bridgehead atoms. The molecule has 3 aromatic rings. The number of amides is 1. The fourth-order valence-corrected chi connectivity index (χ4v) is 8.25. The van der Waals surface area contributed by atoms with E-state index in [1.807, 2.05) is 30.3 Å². The van der Waals surface area contributed by atoms with Crippen molar-refractivity contribution in [1.29, 1.82) is 0 Å². The summed E-state index contributed by atoms with van der Waals surface area (Å²) in [6, 6.07) is 16.2. The van der Waals surface area contributed by atoms with Gasteiger partial charge in [-0.05, 0) is 48.6 Å². The Hall–Kier alpha value is -3.32. The Morgan fingerprint density at radius 2 is 1.83 bits per heavy atom. The number of carboxylic acids is 1. The third kappa shape index (κ3) is 6.30. The Morgan fingerprint density at radius 3 is 2.51 bits per heavy atom. The minimum atomic E-state index is -3.72. The average Bonchev–Trinajstić information content (AvgIpc) is 3.47. The Morgan fingerprint density at radius 1 is 1.12 bits per heavy atom. The van der Waals surface area contributed by atoms with Gasteiger partial charge >= 0.3 is 5.97 Å². The molecule has 0 spiro atoms. The van der Waals surface area contributed by atoms with Crippen LogP contribution in [-0.4, -0.2) is 68.3 Å². The van der Waals surface area contributed by atoms with E-state index in [1.165, 1.54) is 4.90 Å². The van der Waals surface area contributed by atoms with Crippen LogP contribution in [0.4, 0.5) is 0 Å². The van der Waals surface area contributed by atoms with E-state index >= 15 is 0 Å². The highest BCUT2D eigenvalue weighted by Gasteiger charge is 2.34. The summed E-state index contributed by atoms with van der Waals surface area (Å²) in [6.45, 7) is 5.09. The number of carboxylic acid groups (broad SMARTS) is 1. The third-order valence-electron chi connectivity index (χ3n) is 7.05. The molecule has 2 aromatic carbocycles. The van der Waals surface area contributed by atoms with Gasteiger partial charge in [0.05, 0.1) is 21.9 Å². The Kier molecular flexibility index (Phi) is 8.46. The standard InChI is InChI=1S/C29H30N4O5S3/c1-19-13-20(2)17-31(16-19)41(37,38)24-10-6-7-21(14-24)27-22(18-33(30-27)23-8-4-3-5-9-23)15-25-28(36)32(29(39)40-25)12-11-26(34)35/h3-10,14-15,18-20H,11-13,16-17H2,1-2H3,(H,34,35)/b25-15-. The predicted octanol–water partition coefficient (Wildman–Crippen LogP) is 4.88. The topological polar surface area (TPSA) is 113 Å². The maximum atomic E-state index is 13.7. The quantitative estimate of drug-likeness (QED) is 0.284. The molecule has 0 saturated carbocycles. The van der Waals surface area contributed by atoms with Crippen molar-refractivity contribution in [1.82, 2.24) is 19.0 Å². The zero-order valence-corrected chi connectivity index (χ0v) is 25.1. The molecule has 1 amide bonds. The molecule has 5 rings (SSSR count). The van der Waals surface area contributed by atoms with Crippen molar-refractivity contribution in [3.05, 3.63) is 71.3 Å². The van der Waals surface area contributed by atoms with Crippen LogP contribution >= 0.6 is 24.0 Å². The maximum absolute atomic E-state index is 13.7. The second kappa shape index (κ2) is 11.9. The molecule has 214 valence electrons. The summed E-state index contributed by atoms with van der Waals surface area (Å²) in [6.07, 6.45) is 4.24. The largest absolute Gasteiger partial charge is 0.481 e. The van der Waals surface area contributed by atoms with Gasteiger partial charge < -0.3 is 5.11 Å². The number of aromatic nitrogens is 2. The number of sulfonamides is 1. The van der Waals surface area contributed by atoms with E-state index in [4.69, 9.17) is 22.4 Å². The van der Waals surface area contributed by atoms with E-state index in [9.17, 15) is 18.0 Å². The normalized spacial score (nSPS) is 21.1. The molecule has 2 aliphatic rings. The highest BCUT2D eigenvalue weighted by molar-refractivity contribution is 8.26. The number of thiocarbonyl (C=S) groups is 1. The van der Waals surface area contributed by atoms with E-state index < -0.39 is 16.0 Å². The van der Waals surface area contributed by atoms with Gasteiger partial charge in [-0.1, -0.05) is 68.2 Å². The van der Waals surface area contributed by atoms with Crippen molar-refractivity contribution in [2.45, 2.75) is 31.6 Å². The smallest absolute Gasteiger partial charge is 0.305 e. The third-order valence-corrected chi connectivity index (χ3v) is 10.3. The number of carbonyl (C=O) groups is 2. The molecule has 1 N–H and O–H groups in total. The molecule has 2 aliphatic heterocycles. The number of benzene rings is 2. The van der Waals surface area contributed by atoms with Crippen LogP contribution in [0.5, 0.6) is 0 Å². The Balaban J connectivity index is 1.55. The van der Waals surface area contributed by atoms with E-state index in [1.54, 1.807) is 45.5 Å². The van der Waals surface area contributed by atoms with Crippen LogP contribution < -0.4 is 0 Å². The molecule has 2 atom stereocenters. The number of piperidine rings is 1. The molecule has 9 nitrogen and oxygen atoms in total. The van der Waals surface area contributed by atoms with Crippen LogP contribution in [-0.2, 0) is 19.6 Å². The first kappa shape index (κ1) is 29.2. The van der Waals surface area contributed by atoms with Gasteiger partial charge in [-0.3, -0.25) is 14.5 Å². The van der Waals surface area contributed by atoms with Crippen LogP contribution in [0.1, 0.15) is 32.3 Å². The molecular formula is C29H30N4O5S3. The highest BCUT2D eigenvalue weighted by atomic mass is 32.2. The van der Waals surface area contributed by atoms with E-state index in [0.717, 1.165) is 23.9 Å². The number of carbonyl (C=O) groups excluding carboxylic acids is 1. The van der Waals surface area contributed by atoms with Gasteiger partial charge in [-0.25, -0.2) is 13.1 Å². The van der Waals surface area contributed by atoms with Crippen molar-refractivity contribution in [2.24, 2.45) is 11.8 Å². The molecular weight excluding hydrogens is 581 g/mol. The van der Waals surface area contributed by atoms with Crippen molar-refractivity contribution >= 4 is 56.3 Å². The number of nitrogens with zero attached hydrogens (tertiary/aromatic N) is 4. The van der Waals surface area contributed by atoms with E-state index in [-0.39, 0.29) is 39.9 Å². The molecule has 0 radical (unpaired) electrons. The Bertz CT molecular complexity index is 1620. The lowest BCUT2D eigenvalue weighted by molar-refractivity contribution is -0.137. The average molecular weight is 611 g/mol. The first-order valence-electron chi connectivity index (χ1n) is 13.3. The van der Waals surface area contributed by atoms with Gasteiger partial charge in [0.1, 0.15) is 10.0 Å². The van der Waals surface area contributed by atoms with Crippen molar-refractivity contribution in [3.63, 3.8) is 0 Å². The number of hydrogen-bond donors (Lipinski definition) is 1. The molecule has 1 aromatic heterocycles. The van der Waals surface area contributed by atoms with Crippen molar-refractivity contribution < 1.29 is 23.1 Å². The van der Waals surface area contributed by atoms with Gasteiger partial charge in [0, 0.05) is 37.0 Å². The predicted molar refractivity (Wildman–Crippen MR) is 163 cm³/mol. The van der Waals surface area contributed by atoms with Crippen LogP contribution in [0.3, 0.4) is 0 Å². The van der Waals surface area contributed by atoms with E-state index in [2.05, 4.69) is 13.8 Å². The summed E-state index contributed by atoms with van der Waals surface area (Å²) in [5.74, 6) is -0.833. The number of rotatable bonds is 8. The van der Waals surface area contributed by atoms with Gasteiger partial charge in [0.25, 0.3) is 5.91 Å². The summed E-state index contributed by atoms with van der Waals surface area (Å²) in [7, 11) is -3.72. The van der Waals surface area contributed by atoms with E-state index in [0.29, 0.717) is 34.8 Å². The summed E-state index contributed by atoms with van der Waals surface area (Å²) < 4.78 is 30.8. The van der Waals surface area contributed by atoms with Crippen LogP contribution in [0, 0.1) is 11.8 Å². The lowest BCUT2D eigenvalue weighted by Gasteiger charge is -2.34. The van der Waals surface area contributed by atoms with Crippen molar-refractivity contribution in [2.75, 3.05) is 19.6 Å². The SMILES string of the molecule is CC1CC(C)CN(S(=O)(=O)c2cccc(-c3nn(-c4ccccc4)cc3/C=C3\SC(=S)N(CCC(=O)O)C3=O)c2)C1. The highest BCUT2D eigenvalue weighted by Crippen LogP contribution is 2.36. The number of para-hydroxylation sites is 1. The molecule has 0 aliphatic carbocycles. The number of thioether (sulfide) groups is 1. The summed E-state index contributed by atoms with van der Waals surface area (Å²) >= 11 is 6.45. The van der Waals surface area contributed by atoms with Gasteiger partial charge in [-0.2, -0.15) is 9.40 Å². The maximum Gasteiger partial charge on any atom is 0.305 e. The molecule has 12 heteroatoms. The zero-order valence-electron chi connectivity index (χ0n) is 22.6. The number of hydrogen-bond acceptors (Lipinski definition) is 7. The molecule has 2 fully saturated rings. The lowest BCUT2D eigenvalue weighted by Crippen LogP contribution is -2.42. The second-order valence-electron chi connectivity index (χ2n) is 10.5. The summed E-state index contributed by atoms with van der Waals surface area (Å²) in [5, 5.41) is 13.8. The number of aliphatic carboxylic acids is 1. The molecule has 2 unspecified atom stereocenters. The molecule has 41 heavy (non-hydrogen) atoms. The minimum absolute atomic E-state index is 0.0128. The summed E-state index contributed by atoms with van der Waals surface area (Å²) in [4.78, 5) is 26.0. The van der Waals surface area contributed by atoms with Gasteiger partial charge in [0.15, 0.2) is 0 Å². The van der Waals surface area contributed by atoms with Crippen molar-refractivity contribution in [3.8, 4) is 16.9 Å². The first-order chi connectivity index (χ1) is 19.5. The fourth-order valence-electron chi connectivity index (χ4n) is 5.23.